The standard InChI is InChI=1S/C29H34N2O3/c32-29(26-14-19-33-22-26)31-17-12-28(13-18-31)34-27-8-6-25(7-9-27)21-30-15-10-24(11-16-30)20-23-4-2-1-3-5-23/h1-9,14,19,22,24,28H,10-13,15-18,20-21H2. The second-order valence-corrected chi connectivity index (χ2v) is 9.67. The molecule has 34 heavy (non-hydrogen) atoms. The molecule has 0 radical (unpaired) electrons. The Morgan fingerprint density at radius 3 is 2.26 bits per heavy atom. The van der Waals surface area contributed by atoms with Gasteiger partial charge in [0.2, 0.25) is 0 Å². The van der Waals surface area contributed by atoms with Gasteiger partial charge >= 0.3 is 0 Å². The van der Waals surface area contributed by atoms with E-state index in [1.165, 1.54) is 49.7 Å². The Kier molecular flexibility index (Phi) is 7.30. The number of likely N-dealkylation sites (tertiary alicyclic amines) is 2. The lowest BCUT2D eigenvalue weighted by molar-refractivity contribution is 0.0595. The molecule has 0 atom stereocenters. The van der Waals surface area contributed by atoms with Gasteiger partial charge in [0.1, 0.15) is 18.1 Å². The lowest BCUT2D eigenvalue weighted by Crippen LogP contribution is -2.41. The Labute approximate surface area is 202 Å². The molecule has 0 unspecified atom stereocenters. The molecule has 1 aromatic heterocycles. The zero-order chi connectivity index (χ0) is 23.2. The maximum atomic E-state index is 12.4. The van der Waals surface area contributed by atoms with Crippen LogP contribution in [0.3, 0.4) is 0 Å². The van der Waals surface area contributed by atoms with Gasteiger partial charge in [0.05, 0.1) is 11.8 Å². The van der Waals surface area contributed by atoms with E-state index in [0.29, 0.717) is 18.7 Å². The predicted molar refractivity (Wildman–Crippen MR) is 133 cm³/mol. The van der Waals surface area contributed by atoms with Crippen LogP contribution in [0, 0.1) is 5.92 Å². The number of hydrogen-bond donors (Lipinski definition) is 0. The molecule has 2 aromatic carbocycles. The molecule has 0 aliphatic carbocycles. The van der Waals surface area contributed by atoms with Gasteiger partial charge in [-0.1, -0.05) is 42.5 Å². The molecule has 2 fully saturated rings. The summed E-state index contributed by atoms with van der Waals surface area (Å²) in [6, 6.07) is 21.2. The molecule has 0 saturated carbocycles. The maximum Gasteiger partial charge on any atom is 0.257 e. The Morgan fingerprint density at radius 1 is 0.853 bits per heavy atom. The number of furan rings is 1. The van der Waals surface area contributed by atoms with Gasteiger partial charge in [0, 0.05) is 32.5 Å². The lowest BCUT2D eigenvalue weighted by Gasteiger charge is -2.32. The minimum absolute atomic E-state index is 0.0423. The van der Waals surface area contributed by atoms with Crippen molar-refractivity contribution in [3.8, 4) is 5.75 Å². The molecule has 3 aromatic rings. The number of carbonyl (C=O) groups excluding carboxylic acids is 1. The molecule has 5 rings (SSSR count). The van der Waals surface area contributed by atoms with Crippen molar-refractivity contribution in [1.29, 1.82) is 0 Å². The molecule has 3 heterocycles. The SMILES string of the molecule is O=C(c1ccoc1)N1CCC(Oc2ccc(CN3CCC(Cc4ccccc4)CC3)cc2)CC1. The van der Waals surface area contributed by atoms with E-state index >= 15 is 0 Å². The number of benzene rings is 2. The summed E-state index contributed by atoms with van der Waals surface area (Å²) < 4.78 is 11.3. The van der Waals surface area contributed by atoms with Crippen LogP contribution in [0.25, 0.3) is 0 Å². The average molecular weight is 459 g/mol. The van der Waals surface area contributed by atoms with Gasteiger partial charge < -0.3 is 14.1 Å². The summed E-state index contributed by atoms with van der Waals surface area (Å²) in [6.45, 7) is 4.78. The number of carbonyl (C=O) groups is 1. The third-order valence-corrected chi connectivity index (χ3v) is 7.20. The first-order valence-electron chi connectivity index (χ1n) is 12.6. The Hall–Kier alpha value is -3.05. The number of hydrogen-bond acceptors (Lipinski definition) is 4. The van der Waals surface area contributed by atoms with Crippen LogP contribution >= 0.6 is 0 Å². The molecule has 0 N–H and O–H groups in total. The van der Waals surface area contributed by atoms with Crippen LogP contribution in [-0.2, 0) is 13.0 Å². The van der Waals surface area contributed by atoms with E-state index in [1.54, 1.807) is 12.3 Å². The van der Waals surface area contributed by atoms with Crippen molar-refractivity contribution in [2.75, 3.05) is 26.2 Å². The minimum Gasteiger partial charge on any atom is -0.490 e. The first kappa shape index (κ1) is 22.7. The highest BCUT2D eigenvalue weighted by Crippen LogP contribution is 2.24. The summed E-state index contributed by atoms with van der Waals surface area (Å²) >= 11 is 0. The number of nitrogens with zero attached hydrogens (tertiary/aromatic N) is 2. The topological polar surface area (TPSA) is 45.9 Å². The third kappa shape index (κ3) is 5.89. The van der Waals surface area contributed by atoms with E-state index in [2.05, 4.69) is 59.5 Å². The summed E-state index contributed by atoms with van der Waals surface area (Å²) in [4.78, 5) is 16.9. The minimum atomic E-state index is 0.0423. The van der Waals surface area contributed by atoms with Gasteiger partial charge in [0.15, 0.2) is 0 Å². The molecule has 2 aliphatic rings. The molecule has 1 amide bonds. The first-order chi connectivity index (χ1) is 16.7. The van der Waals surface area contributed by atoms with Crippen LogP contribution in [0.5, 0.6) is 5.75 Å². The Balaban J connectivity index is 1.04. The zero-order valence-electron chi connectivity index (χ0n) is 19.8. The molecule has 178 valence electrons. The van der Waals surface area contributed by atoms with Gasteiger partial charge in [-0.15, -0.1) is 0 Å². The van der Waals surface area contributed by atoms with Crippen LogP contribution in [-0.4, -0.2) is 48.0 Å². The second-order valence-electron chi connectivity index (χ2n) is 9.67. The van der Waals surface area contributed by atoms with E-state index in [9.17, 15) is 4.79 Å². The van der Waals surface area contributed by atoms with E-state index in [1.807, 2.05) is 4.90 Å². The third-order valence-electron chi connectivity index (χ3n) is 7.20. The first-order valence-corrected chi connectivity index (χ1v) is 12.6. The number of amides is 1. The highest BCUT2D eigenvalue weighted by atomic mass is 16.5. The van der Waals surface area contributed by atoms with Crippen LogP contribution < -0.4 is 4.74 Å². The smallest absolute Gasteiger partial charge is 0.257 e. The van der Waals surface area contributed by atoms with Gasteiger partial charge in [-0.05, 0) is 67.6 Å². The molecule has 5 heteroatoms. The van der Waals surface area contributed by atoms with Crippen molar-refractivity contribution in [3.63, 3.8) is 0 Å². The van der Waals surface area contributed by atoms with Crippen molar-refractivity contribution in [2.45, 2.75) is 44.8 Å². The lowest BCUT2D eigenvalue weighted by atomic mass is 9.90. The van der Waals surface area contributed by atoms with E-state index < -0.39 is 0 Å². The molecule has 0 bridgehead atoms. The van der Waals surface area contributed by atoms with Crippen LogP contribution in [0.2, 0.25) is 0 Å². The van der Waals surface area contributed by atoms with E-state index in [0.717, 1.165) is 31.1 Å². The molecule has 5 nitrogen and oxygen atoms in total. The van der Waals surface area contributed by atoms with Crippen molar-refractivity contribution in [3.05, 3.63) is 89.9 Å². The Bertz CT molecular complexity index is 1020. The normalized spacial score (nSPS) is 18.2. The Morgan fingerprint density at radius 2 is 1.59 bits per heavy atom. The largest absolute Gasteiger partial charge is 0.490 e. The zero-order valence-corrected chi connectivity index (χ0v) is 19.8. The van der Waals surface area contributed by atoms with Gasteiger partial charge in [-0.3, -0.25) is 9.69 Å². The molecular formula is C29H34N2O3. The molecule has 2 aliphatic heterocycles. The van der Waals surface area contributed by atoms with Crippen LogP contribution in [0.15, 0.2) is 77.6 Å². The van der Waals surface area contributed by atoms with Crippen molar-refractivity contribution in [1.82, 2.24) is 9.80 Å². The average Bonchev–Trinajstić information content (AvgIpc) is 3.42. The van der Waals surface area contributed by atoms with Crippen LogP contribution in [0.4, 0.5) is 0 Å². The van der Waals surface area contributed by atoms with Crippen molar-refractivity contribution < 1.29 is 13.9 Å². The summed E-state index contributed by atoms with van der Waals surface area (Å²) in [5.41, 5.74) is 3.43. The van der Waals surface area contributed by atoms with Gasteiger partial charge in [0.25, 0.3) is 5.91 Å². The summed E-state index contributed by atoms with van der Waals surface area (Å²) in [7, 11) is 0. The quantitative estimate of drug-likeness (QED) is 0.474. The fraction of sp³-hybridized carbons (Fsp3) is 0.414. The monoisotopic (exact) mass is 458 g/mol. The molecular weight excluding hydrogens is 424 g/mol. The summed E-state index contributed by atoms with van der Waals surface area (Å²) in [6.07, 6.45) is 8.67. The van der Waals surface area contributed by atoms with E-state index in [4.69, 9.17) is 9.15 Å². The van der Waals surface area contributed by atoms with Crippen molar-refractivity contribution in [2.24, 2.45) is 5.92 Å². The number of piperidine rings is 2. The highest BCUT2D eigenvalue weighted by Gasteiger charge is 2.25. The van der Waals surface area contributed by atoms with Crippen molar-refractivity contribution >= 4 is 5.91 Å². The van der Waals surface area contributed by atoms with Crippen LogP contribution in [0.1, 0.15) is 47.2 Å². The van der Waals surface area contributed by atoms with Gasteiger partial charge in [-0.25, -0.2) is 0 Å². The maximum absolute atomic E-state index is 12.4. The second kappa shape index (κ2) is 10.9. The molecule has 0 spiro atoms. The molecule has 2 saturated heterocycles. The van der Waals surface area contributed by atoms with Gasteiger partial charge in [-0.2, -0.15) is 0 Å². The fourth-order valence-corrected chi connectivity index (χ4v) is 5.17. The highest BCUT2D eigenvalue weighted by molar-refractivity contribution is 5.93. The predicted octanol–water partition coefficient (Wildman–Crippen LogP) is 5.42. The number of rotatable bonds is 7. The van der Waals surface area contributed by atoms with E-state index in [-0.39, 0.29) is 12.0 Å². The summed E-state index contributed by atoms with van der Waals surface area (Å²) in [5, 5.41) is 0. The number of ether oxygens (including phenoxy) is 1. The summed E-state index contributed by atoms with van der Waals surface area (Å²) in [5.74, 6) is 1.77. The fourth-order valence-electron chi connectivity index (χ4n) is 5.17.